The maximum Gasteiger partial charge on any atom is 0.344 e. The van der Waals surface area contributed by atoms with Gasteiger partial charge in [0.15, 0.2) is 6.61 Å². The Labute approximate surface area is 143 Å². The molecular formula is C17H20F2N2O4. The monoisotopic (exact) mass is 354 g/mol. The van der Waals surface area contributed by atoms with Crippen molar-refractivity contribution < 1.29 is 27.9 Å². The zero-order valence-corrected chi connectivity index (χ0v) is 13.8. The second-order valence-corrected chi connectivity index (χ2v) is 6.06. The molecule has 1 aliphatic carbocycles. The fraction of sp³-hybridized carbons (Fsp3) is 0.471. The number of halogens is 2. The summed E-state index contributed by atoms with van der Waals surface area (Å²) in [5, 5.41) is 4.74. The maximum atomic E-state index is 13.4. The van der Waals surface area contributed by atoms with E-state index in [0.717, 1.165) is 43.9 Å². The number of nitrogens with one attached hydrogen (secondary N) is 2. The van der Waals surface area contributed by atoms with E-state index < -0.39 is 41.7 Å². The fourth-order valence-corrected chi connectivity index (χ4v) is 2.79. The van der Waals surface area contributed by atoms with E-state index in [2.05, 4.69) is 10.1 Å². The van der Waals surface area contributed by atoms with Gasteiger partial charge in [0.2, 0.25) is 0 Å². The van der Waals surface area contributed by atoms with Crippen LogP contribution in [0.3, 0.4) is 0 Å². The molecule has 136 valence electrons. The first kappa shape index (κ1) is 18.8. The minimum absolute atomic E-state index is 0.0170. The summed E-state index contributed by atoms with van der Waals surface area (Å²) in [6, 6.07) is 2.20. The SMILES string of the molecule is C[C@H]1CCCC[C@H]1NC(=O)NC(=O)COC(=O)c1c(F)cccc1F. The molecule has 6 nitrogen and oxygen atoms in total. The number of esters is 1. The molecule has 0 aromatic heterocycles. The molecule has 1 aromatic rings. The van der Waals surface area contributed by atoms with E-state index in [1.165, 1.54) is 0 Å². The second-order valence-electron chi connectivity index (χ2n) is 6.06. The maximum absolute atomic E-state index is 13.4. The van der Waals surface area contributed by atoms with Crippen LogP contribution in [0.4, 0.5) is 13.6 Å². The molecule has 1 fully saturated rings. The highest BCUT2D eigenvalue weighted by atomic mass is 19.1. The van der Waals surface area contributed by atoms with Crippen LogP contribution in [0.2, 0.25) is 0 Å². The van der Waals surface area contributed by atoms with Gasteiger partial charge in [-0.3, -0.25) is 10.1 Å². The topological polar surface area (TPSA) is 84.5 Å². The lowest BCUT2D eigenvalue weighted by Gasteiger charge is -2.29. The summed E-state index contributed by atoms with van der Waals surface area (Å²) in [7, 11) is 0. The van der Waals surface area contributed by atoms with Gasteiger partial charge in [0, 0.05) is 6.04 Å². The Morgan fingerprint density at radius 1 is 1.16 bits per heavy atom. The predicted molar refractivity (Wildman–Crippen MR) is 84.7 cm³/mol. The van der Waals surface area contributed by atoms with Crippen molar-refractivity contribution in [2.24, 2.45) is 5.92 Å². The Morgan fingerprint density at radius 3 is 2.44 bits per heavy atom. The highest BCUT2D eigenvalue weighted by Gasteiger charge is 2.24. The molecule has 0 aliphatic heterocycles. The summed E-state index contributed by atoms with van der Waals surface area (Å²) in [5.74, 6) is -4.06. The first-order valence-electron chi connectivity index (χ1n) is 8.10. The van der Waals surface area contributed by atoms with E-state index in [1.54, 1.807) is 0 Å². The normalized spacial score (nSPS) is 19.8. The van der Waals surface area contributed by atoms with Gasteiger partial charge in [-0.25, -0.2) is 18.4 Å². The van der Waals surface area contributed by atoms with E-state index in [1.807, 2.05) is 12.2 Å². The van der Waals surface area contributed by atoms with Gasteiger partial charge < -0.3 is 10.1 Å². The van der Waals surface area contributed by atoms with Gasteiger partial charge in [-0.2, -0.15) is 0 Å². The smallest absolute Gasteiger partial charge is 0.344 e. The van der Waals surface area contributed by atoms with E-state index in [9.17, 15) is 23.2 Å². The average molecular weight is 354 g/mol. The average Bonchev–Trinajstić information content (AvgIpc) is 2.55. The standard InChI is InChI=1S/C17H20F2N2O4/c1-10-5-2-3-8-13(10)20-17(24)21-14(22)9-25-16(23)15-11(18)6-4-7-12(15)19/h4,6-7,10,13H,2-3,5,8-9H2,1H3,(H2,20,21,22,24)/t10-,13+/m0/s1. The molecule has 0 bridgehead atoms. The summed E-state index contributed by atoms with van der Waals surface area (Å²) in [5.41, 5.74) is -0.879. The number of benzene rings is 1. The Hall–Kier alpha value is -2.51. The van der Waals surface area contributed by atoms with Crippen LogP contribution in [0.5, 0.6) is 0 Å². The van der Waals surface area contributed by atoms with Crippen molar-refractivity contribution in [3.8, 4) is 0 Å². The first-order valence-corrected chi connectivity index (χ1v) is 8.10. The van der Waals surface area contributed by atoms with Crippen LogP contribution < -0.4 is 10.6 Å². The van der Waals surface area contributed by atoms with Crippen molar-refractivity contribution in [2.75, 3.05) is 6.61 Å². The highest BCUT2D eigenvalue weighted by Crippen LogP contribution is 2.23. The second kappa shape index (κ2) is 8.55. The van der Waals surface area contributed by atoms with Crippen LogP contribution in [-0.2, 0) is 9.53 Å². The molecule has 2 rings (SSSR count). The minimum atomic E-state index is -1.31. The molecule has 2 atom stereocenters. The number of urea groups is 1. The summed E-state index contributed by atoms with van der Waals surface area (Å²) in [4.78, 5) is 35.1. The Balaban J connectivity index is 1.80. The molecule has 2 N–H and O–H groups in total. The molecule has 0 saturated heterocycles. The Kier molecular flexibility index (Phi) is 6.44. The van der Waals surface area contributed by atoms with Gasteiger partial charge in [0.1, 0.15) is 17.2 Å². The molecule has 0 unspecified atom stereocenters. The fourth-order valence-electron chi connectivity index (χ4n) is 2.79. The number of carbonyl (C=O) groups is 3. The van der Waals surface area contributed by atoms with E-state index in [0.29, 0.717) is 5.92 Å². The molecule has 1 saturated carbocycles. The molecule has 25 heavy (non-hydrogen) atoms. The van der Waals surface area contributed by atoms with Crippen molar-refractivity contribution >= 4 is 17.9 Å². The third-order valence-electron chi connectivity index (χ3n) is 4.18. The number of hydrogen-bond donors (Lipinski definition) is 2. The Morgan fingerprint density at radius 2 is 1.80 bits per heavy atom. The molecular weight excluding hydrogens is 334 g/mol. The third kappa shape index (κ3) is 5.23. The lowest BCUT2D eigenvalue weighted by molar-refractivity contribution is -0.123. The van der Waals surface area contributed by atoms with Crippen LogP contribution in [0.1, 0.15) is 43.0 Å². The lowest BCUT2D eigenvalue weighted by Crippen LogP contribution is -2.48. The summed E-state index contributed by atoms with van der Waals surface area (Å²) >= 11 is 0. The lowest BCUT2D eigenvalue weighted by atomic mass is 9.86. The first-order chi connectivity index (χ1) is 11.9. The van der Waals surface area contributed by atoms with Crippen molar-refractivity contribution in [1.29, 1.82) is 0 Å². The van der Waals surface area contributed by atoms with Crippen LogP contribution in [0, 0.1) is 17.6 Å². The van der Waals surface area contributed by atoms with Gasteiger partial charge in [0.05, 0.1) is 0 Å². The zero-order valence-electron chi connectivity index (χ0n) is 13.8. The van der Waals surface area contributed by atoms with Crippen LogP contribution in [-0.4, -0.2) is 30.6 Å². The number of carbonyl (C=O) groups excluding carboxylic acids is 3. The van der Waals surface area contributed by atoms with Crippen molar-refractivity contribution in [1.82, 2.24) is 10.6 Å². The van der Waals surface area contributed by atoms with Crippen molar-refractivity contribution in [3.63, 3.8) is 0 Å². The van der Waals surface area contributed by atoms with Crippen LogP contribution in [0.25, 0.3) is 0 Å². The quantitative estimate of drug-likeness (QED) is 0.814. The van der Waals surface area contributed by atoms with E-state index >= 15 is 0 Å². The summed E-state index contributed by atoms with van der Waals surface area (Å²) < 4.78 is 31.4. The summed E-state index contributed by atoms with van der Waals surface area (Å²) in [6.07, 6.45) is 3.96. The van der Waals surface area contributed by atoms with E-state index in [-0.39, 0.29) is 6.04 Å². The molecule has 3 amide bonds. The minimum Gasteiger partial charge on any atom is -0.452 e. The number of ether oxygens (including phenoxy) is 1. The third-order valence-corrected chi connectivity index (χ3v) is 4.18. The van der Waals surface area contributed by atoms with E-state index in [4.69, 9.17) is 0 Å². The summed E-state index contributed by atoms with van der Waals surface area (Å²) in [6.45, 7) is 1.21. The Bertz CT molecular complexity index is 646. The molecule has 1 aliphatic rings. The molecule has 8 heteroatoms. The molecule has 1 aromatic carbocycles. The molecule has 0 radical (unpaired) electrons. The predicted octanol–water partition coefficient (Wildman–Crippen LogP) is 2.53. The van der Waals surface area contributed by atoms with Crippen molar-refractivity contribution in [3.05, 3.63) is 35.4 Å². The van der Waals surface area contributed by atoms with Crippen LogP contribution in [0.15, 0.2) is 18.2 Å². The van der Waals surface area contributed by atoms with Gasteiger partial charge in [0.25, 0.3) is 5.91 Å². The zero-order chi connectivity index (χ0) is 18.4. The van der Waals surface area contributed by atoms with Gasteiger partial charge >= 0.3 is 12.0 Å². The van der Waals surface area contributed by atoms with Gasteiger partial charge in [-0.05, 0) is 30.9 Å². The van der Waals surface area contributed by atoms with Gasteiger partial charge in [-0.15, -0.1) is 0 Å². The molecule has 0 heterocycles. The molecule has 0 spiro atoms. The number of imide groups is 1. The highest BCUT2D eigenvalue weighted by molar-refractivity contribution is 5.97. The largest absolute Gasteiger partial charge is 0.452 e. The number of rotatable bonds is 4. The van der Waals surface area contributed by atoms with Crippen molar-refractivity contribution in [2.45, 2.75) is 38.6 Å². The number of hydrogen-bond acceptors (Lipinski definition) is 4. The van der Waals surface area contributed by atoms with Gasteiger partial charge in [-0.1, -0.05) is 25.8 Å². The number of amides is 3. The van der Waals surface area contributed by atoms with Crippen LogP contribution >= 0.6 is 0 Å².